The van der Waals surface area contributed by atoms with E-state index in [0.29, 0.717) is 23.7 Å². The second-order valence-corrected chi connectivity index (χ2v) is 6.52. The molecule has 0 atom stereocenters. The Hall–Kier alpha value is -2.51. The van der Waals surface area contributed by atoms with Crippen molar-refractivity contribution in [3.8, 4) is 0 Å². The highest BCUT2D eigenvalue weighted by Gasteiger charge is 2.41. The Kier molecular flexibility index (Phi) is 4.01. The summed E-state index contributed by atoms with van der Waals surface area (Å²) < 4.78 is 40.0. The van der Waals surface area contributed by atoms with Gasteiger partial charge in [-0.1, -0.05) is 0 Å². The van der Waals surface area contributed by atoms with Gasteiger partial charge in [-0.15, -0.1) is 0 Å². The summed E-state index contributed by atoms with van der Waals surface area (Å²) in [5.41, 5.74) is -0.847. The Morgan fingerprint density at radius 1 is 1.28 bits per heavy atom. The van der Waals surface area contributed by atoms with Crippen molar-refractivity contribution in [1.82, 2.24) is 9.88 Å². The number of carbonyl (C=O) groups excluding carboxylic acids is 1. The van der Waals surface area contributed by atoms with Gasteiger partial charge in [0.1, 0.15) is 5.69 Å². The number of halogens is 3. The van der Waals surface area contributed by atoms with Gasteiger partial charge >= 0.3 is 12.1 Å². The lowest BCUT2D eigenvalue weighted by Crippen LogP contribution is -2.54. The molecule has 5 nitrogen and oxygen atoms in total. The molecule has 0 saturated heterocycles. The van der Waals surface area contributed by atoms with E-state index in [-0.39, 0.29) is 12.1 Å². The standard InChI is InChI=1S/C17H17F3N2O3/c1-22-12-4-3-11(17(18,19)20)7-10(12)8-13(22)15(25)21-16(5-2-6-16)9-14(23)24/h3-4,7-8H,2,5-6,9H2,1H3,(H,21,25)(H,23,24). The number of hydrogen-bond donors (Lipinski definition) is 2. The molecule has 134 valence electrons. The van der Waals surface area contributed by atoms with E-state index in [9.17, 15) is 22.8 Å². The van der Waals surface area contributed by atoms with Crippen LogP contribution in [0.3, 0.4) is 0 Å². The monoisotopic (exact) mass is 354 g/mol. The summed E-state index contributed by atoms with van der Waals surface area (Å²) in [6.45, 7) is 0. The molecule has 1 aliphatic carbocycles. The molecule has 0 spiro atoms. The predicted molar refractivity (Wildman–Crippen MR) is 84.2 cm³/mol. The highest BCUT2D eigenvalue weighted by atomic mass is 19.4. The first kappa shape index (κ1) is 17.3. The molecule has 25 heavy (non-hydrogen) atoms. The highest BCUT2D eigenvalue weighted by molar-refractivity contribution is 5.99. The van der Waals surface area contributed by atoms with Crippen molar-refractivity contribution in [3.05, 3.63) is 35.5 Å². The van der Waals surface area contributed by atoms with Crippen molar-refractivity contribution in [1.29, 1.82) is 0 Å². The van der Waals surface area contributed by atoms with Crippen molar-refractivity contribution in [2.24, 2.45) is 7.05 Å². The minimum Gasteiger partial charge on any atom is -0.481 e. The minimum atomic E-state index is -4.45. The normalized spacial score (nSPS) is 16.5. The number of benzene rings is 1. The average molecular weight is 354 g/mol. The zero-order valence-electron chi connectivity index (χ0n) is 13.5. The van der Waals surface area contributed by atoms with E-state index < -0.39 is 29.2 Å². The molecule has 1 amide bonds. The van der Waals surface area contributed by atoms with Crippen molar-refractivity contribution in [3.63, 3.8) is 0 Å². The maximum atomic E-state index is 12.8. The van der Waals surface area contributed by atoms with Gasteiger partial charge < -0.3 is 15.0 Å². The maximum absolute atomic E-state index is 12.8. The van der Waals surface area contributed by atoms with Crippen molar-refractivity contribution >= 4 is 22.8 Å². The molecule has 1 aliphatic rings. The number of nitrogens with zero attached hydrogens (tertiary/aromatic N) is 1. The van der Waals surface area contributed by atoms with Gasteiger partial charge in [-0.2, -0.15) is 13.2 Å². The van der Waals surface area contributed by atoms with E-state index in [1.54, 1.807) is 7.05 Å². The average Bonchev–Trinajstić information content (AvgIpc) is 2.80. The Morgan fingerprint density at radius 3 is 2.48 bits per heavy atom. The quantitative estimate of drug-likeness (QED) is 0.885. The van der Waals surface area contributed by atoms with Crippen LogP contribution >= 0.6 is 0 Å². The fourth-order valence-corrected chi connectivity index (χ4v) is 3.29. The molecule has 2 N–H and O–H groups in total. The van der Waals surface area contributed by atoms with E-state index in [4.69, 9.17) is 5.11 Å². The van der Waals surface area contributed by atoms with Crippen LogP contribution < -0.4 is 5.32 Å². The van der Waals surface area contributed by atoms with Gasteiger partial charge in [0.15, 0.2) is 0 Å². The number of alkyl halides is 3. The summed E-state index contributed by atoms with van der Waals surface area (Å²) in [5.74, 6) is -1.47. The number of nitrogens with one attached hydrogen (secondary N) is 1. The number of aromatic nitrogens is 1. The number of fused-ring (bicyclic) bond motifs is 1. The summed E-state index contributed by atoms with van der Waals surface area (Å²) in [6.07, 6.45) is -2.64. The molecule has 0 radical (unpaired) electrons. The molecule has 0 aliphatic heterocycles. The van der Waals surface area contributed by atoms with Gasteiger partial charge in [0.25, 0.3) is 5.91 Å². The van der Waals surface area contributed by atoms with Crippen LogP contribution in [-0.4, -0.2) is 27.1 Å². The second kappa shape index (κ2) is 5.79. The first-order chi connectivity index (χ1) is 11.6. The molecule has 3 rings (SSSR count). The molecule has 1 aromatic carbocycles. The SMILES string of the molecule is Cn1c(C(=O)NC2(CC(=O)O)CCC2)cc2cc(C(F)(F)F)ccc21. The Morgan fingerprint density at radius 2 is 1.96 bits per heavy atom. The third kappa shape index (κ3) is 3.20. The summed E-state index contributed by atoms with van der Waals surface area (Å²) in [6, 6.07) is 4.70. The van der Waals surface area contributed by atoms with E-state index in [1.165, 1.54) is 16.7 Å². The molecule has 0 unspecified atom stereocenters. The first-order valence-corrected chi connectivity index (χ1v) is 7.82. The lowest BCUT2D eigenvalue weighted by molar-refractivity contribution is -0.139. The largest absolute Gasteiger partial charge is 0.481 e. The first-order valence-electron chi connectivity index (χ1n) is 7.82. The molecular weight excluding hydrogens is 337 g/mol. The minimum absolute atomic E-state index is 0.166. The van der Waals surface area contributed by atoms with E-state index >= 15 is 0 Å². The third-order valence-corrected chi connectivity index (χ3v) is 4.78. The number of carboxylic acids is 1. The molecule has 1 aromatic heterocycles. The molecule has 1 heterocycles. The molecular formula is C17H17F3N2O3. The number of carbonyl (C=O) groups is 2. The molecule has 1 saturated carbocycles. The number of aliphatic carboxylic acids is 1. The predicted octanol–water partition coefficient (Wildman–Crippen LogP) is 3.32. The third-order valence-electron chi connectivity index (χ3n) is 4.78. The van der Waals surface area contributed by atoms with E-state index in [0.717, 1.165) is 18.6 Å². The summed E-state index contributed by atoms with van der Waals surface area (Å²) in [4.78, 5) is 23.6. The maximum Gasteiger partial charge on any atom is 0.416 e. The Labute approximate surface area is 141 Å². The van der Waals surface area contributed by atoms with Crippen molar-refractivity contribution < 1.29 is 27.9 Å². The van der Waals surface area contributed by atoms with Gasteiger partial charge in [0.2, 0.25) is 0 Å². The fourth-order valence-electron chi connectivity index (χ4n) is 3.29. The number of aryl methyl sites for hydroxylation is 1. The Balaban J connectivity index is 1.91. The zero-order valence-corrected chi connectivity index (χ0v) is 13.5. The van der Waals surface area contributed by atoms with Crippen LogP contribution in [-0.2, 0) is 18.0 Å². The zero-order chi connectivity index (χ0) is 18.4. The molecule has 0 bridgehead atoms. The van der Waals surface area contributed by atoms with Gasteiger partial charge in [-0.3, -0.25) is 9.59 Å². The van der Waals surface area contributed by atoms with E-state index in [2.05, 4.69) is 5.32 Å². The van der Waals surface area contributed by atoms with Crippen molar-refractivity contribution in [2.45, 2.75) is 37.4 Å². The fraction of sp³-hybridized carbons (Fsp3) is 0.412. The van der Waals surface area contributed by atoms with Crippen molar-refractivity contribution in [2.75, 3.05) is 0 Å². The van der Waals surface area contributed by atoms with Crippen LogP contribution in [0.2, 0.25) is 0 Å². The number of amides is 1. The molecule has 1 fully saturated rings. The Bertz CT molecular complexity index is 851. The highest BCUT2D eigenvalue weighted by Crippen LogP contribution is 2.36. The lowest BCUT2D eigenvalue weighted by Gasteiger charge is -2.41. The summed E-state index contributed by atoms with van der Waals surface area (Å²) in [7, 11) is 1.59. The number of carboxylic acid groups (broad SMARTS) is 1. The van der Waals surface area contributed by atoms with Crippen LogP contribution in [0.4, 0.5) is 13.2 Å². The van der Waals surface area contributed by atoms with Crippen LogP contribution in [0.5, 0.6) is 0 Å². The van der Waals surface area contributed by atoms with Crippen LogP contribution in [0.15, 0.2) is 24.3 Å². The van der Waals surface area contributed by atoms with Crippen LogP contribution in [0, 0.1) is 0 Å². The molecule has 8 heteroatoms. The molecule has 2 aromatic rings. The van der Waals surface area contributed by atoms with Crippen LogP contribution in [0.1, 0.15) is 41.7 Å². The van der Waals surface area contributed by atoms with Crippen LogP contribution in [0.25, 0.3) is 10.9 Å². The lowest BCUT2D eigenvalue weighted by atomic mass is 9.74. The summed E-state index contributed by atoms with van der Waals surface area (Å²) in [5, 5.41) is 12.1. The number of hydrogen-bond acceptors (Lipinski definition) is 2. The van der Waals surface area contributed by atoms with Gasteiger partial charge in [-0.05, 0) is 43.5 Å². The van der Waals surface area contributed by atoms with Gasteiger partial charge in [0, 0.05) is 18.0 Å². The van der Waals surface area contributed by atoms with Gasteiger partial charge in [0.05, 0.1) is 17.5 Å². The number of rotatable bonds is 4. The second-order valence-electron chi connectivity index (χ2n) is 6.52. The van der Waals surface area contributed by atoms with E-state index in [1.807, 2.05) is 0 Å². The smallest absolute Gasteiger partial charge is 0.416 e. The van der Waals surface area contributed by atoms with Gasteiger partial charge in [-0.25, -0.2) is 0 Å². The summed E-state index contributed by atoms with van der Waals surface area (Å²) >= 11 is 0. The topological polar surface area (TPSA) is 71.3 Å².